The highest BCUT2D eigenvalue weighted by Gasteiger charge is 2.24. The van der Waals surface area contributed by atoms with Crippen LogP contribution in [0.2, 0.25) is 0 Å². The standard InChI is InChI=1S/C29H35N7O2/c1-5-15-35-27(38)23-18-30-28(31-22-11-9-20(10-12-22)21-13-16-34(4)17-14-21)33-26(23)36(35)25-8-6-7-24(32-25)29(2,3)19-37/h5-12,18,21,37H,1,13-17,19H2,2-4H3,(H,30,31,33). The average molecular weight is 514 g/mol. The third kappa shape index (κ3) is 4.99. The van der Waals surface area contributed by atoms with Crippen LogP contribution in [-0.2, 0) is 12.0 Å². The van der Waals surface area contributed by atoms with Crippen LogP contribution in [0.5, 0.6) is 0 Å². The zero-order valence-electron chi connectivity index (χ0n) is 22.3. The number of allylic oxidation sites excluding steroid dienone is 1. The van der Waals surface area contributed by atoms with Crippen molar-refractivity contribution in [3.63, 3.8) is 0 Å². The molecule has 5 rings (SSSR count). The van der Waals surface area contributed by atoms with E-state index in [2.05, 4.69) is 53.1 Å². The van der Waals surface area contributed by atoms with Crippen molar-refractivity contribution in [3.8, 4) is 5.82 Å². The molecule has 0 spiro atoms. The first-order valence-electron chi connectivity index (χ1n) is 13.0. The highest BCUT2D eigenvalue weighted by molar-refractivity contribution is 5.77. The van der Waals surface area contributed by atoms with Crippen LogP contribution in [0.1, 0.15) is 43.9 Å². The molecule has 9 nitrogen and oxygen atoms in total. The second kappa shape index (κ2) is 10.5. The molecule has 0 atom stereocenters. The summed E-state index contributed by atoms with van der Waals surface area (Å²) in [6.07, 6.45) is 5.56. The molecular formula is C29H35N7O2. The minimum absolute atomic E-state index is 0.0534. The lowest BCUT2D eigenvalue weighted by Crippen LogP contribution is -2.29. The lowest BCUT2D eigenvalue weighted by Gasteiger charge is -2.29. The van der Waals surface area contributed by atoms with Gasteiger partial charge in [-0.25, -0.2) is 19.3 Å². The molecule has 1 aliphatic rings. The molecule has 0 unspecified atom stereocenters. The summed E-state index contributed by atoms with van der Waals surface area (Å²) in [4.78, 5) is 29.6. The van der Waals surface area contributed by atoms with Gasteiger partial charge < -0.3 is 15.3 Å². The van der Waals surface area contributed by atoms with Gasteiger partial charge in [-0.1, -0.05) is 38.1 Å². The van der Waals surface area contributed by atoms with Crippen LogP contribution in [0, 0.1) is 0 Å². The molecule has 0 radical (unpaired) electrons. The number of nitrogens with zero attached hydrogens (tertiary/aromatic N) is 6. The van der Waals surface area contributed by atoms with E-state index in [0.29, 0.717) is 34.4 Å². The van der Waals surface area contributed by atoms with Gasteiger partial charge in [-0.3, -0.25) is 4.79 Å². The zero-order valence-corrected chi connectivity index (χ0v) is 22.3. The summed E-state index contributed by atoms with van der Waals surface area (Å²) in [5.74, 6) is 1.51. The molecule has 0 saturated carbocycles. The summed E-state index contributed by atoms with van der Waals surface area (Å²) >= 11 is 0. The number of aliphatic hydroxyl groups excluding tert-OH is 1. The summed E-state index contributed by atoms with van der Waals surface area (Å²) in [5.41, 5.74) is 2.64. The number of rotatable bonds is 8. The Morgan fingerprint density at radius 1 is 1.13 bits per heavy atom. The quantitative estimate of drug-likeness (QED) is 0.344. The van der Waals surface area contributed by atoms with Gasteiger partial charge in [0.05, 0.1) is 18.8 Å². The van der Waals surface area contributed by atoms with Crippen molar-refractivity contribution in [2.24, 2.45) is 0 Å². The van der Waals surface area contributed by atoms with E-state index in [4.69, 9.17) is 9.97 Å². The molecule has 2 N–H and O–H groups in total. The highest BCUT2D eigenvalue weighted by Crippen LogP contribution is 2.29. The van der Waals surface area contributed by atoms with Crippen LogP contribution >= 0.6 is 0 Å². The van der Waals surface area contributed by atoms with Gasteiger partial charge in [0.15, 0.2) is 11.5 Å². The number of pyridine rings is 1. The van der Waals surface area contributed by atoms with Gasteiger partial charge in [0.1, 0.15) is 5.39 Å². The molecule has 3 aromatic heterocycles. The van der Waals surface area contributed by atoms with Crippen molar-refractivity contribution in [2.75, 3.05) is 32.1 Å². The van der Waals surface area contributed by atoms with Crippen LogP contribution in [0.4, 0.5) is 11.6 Å². The largest absolute Gasteiger partial charge is 0.395 e. The Morgan fingerprint density at radius 2 is 1.87 bits per heavy atom. The van der Waals surface area contributed by atoms with Gasteiger partial charge in [0, 0.05) is 17.3 Å². The van der Waals surface area contributed by atoms with Crippen LogP contribution in [0.25, 0.3) is 16.9 Å². The lowest BCUT2D eigenvalue weighted by molar-refractivity contribution is 0.215. The van der Waals surface area contributed by atoms with E-state index < -0.39 is 5.41 Å². The van der Waals surface area contributed by atoms with Crippen LogP contribution in [-0.4, -0.2) is 61.1 Å². The number of aliphatic hydroxyl groups is 1. The maximum Gasteiger partial charge on any atom is 0.278 e. The zero-order chi connectivity index (χ0) is 26.9. The first-order valence-corrected chi connectivity index (χ1v) is 13.0. The van der Waals surface area contributed by atoms with E-state index in [-0.39, 0.29) is 18.7 Å². The second-order valence-corrected chi connectivity index (χ2v) is 10.7. The Morgan fingerprint density at radius 3 is 2.55 bits per heavy atom. The third-order valence-corrected chi connectivity index (χ3v) is 7.37. The van der Waals surface area contributed by atoms with Gasteiger partial charge >= 0.3 is 0 Å². The predicted octanol–water partition coefficient (Wildman–Crippen LogP) is 3.99. The summed E-state index contributed by atoms with van der Waals surface area (Å²) in [6, 6.07) is 14.0. The maximum atomic E-state index is 13.3. The number of piperidine rings is 1. The number of fused-ring (bicyclic) bond motifs is 1. The van der Waals surface area contributed by atoms with Crippen molar-refractivity contribution >= 4 is 22.7 Å². The number of likely N-dealkylation sites (tertiary alicyclic amines) is 1. The smallest absolute Gasteiger partial charge is 0.278 e. The van der Waals surface area contributed by atoms with Crippen molar-refractivity contribution in [1.29, 1.82) is 0 Å². The van der Waals surface area contributed by atoms with Crippen LogP contribution in [0.15, 0.2) is 66.1 Å². The summed E-state index contributed by atoms with van der Waals surface area (Å²) in [7, 11) is 2.17. The number of anilines is 2. The van der Waals surface area contributed by atoms with E-state index in [0.717, 1.165) is 18.8 Å². The van der Waals surface area contributed by atoms with Crippen LogP contribution in [0.3, 0.4) is 0 Å². The molecule has 9 heteroatoms. The Kier molecular flexibility index (Phi) is 7.14. The van der Waals surface area contributed by atoms with E-state index in [9.17, 15) is 9.90 Å². The fourth-order valence-electron chi connectivity index (χ4n) is 4.92. The minimum Gasteiger partial charge on any atom is -0.395 e. The Balaban J connectivity index is 1.50. The molecule has 1 saturated heterocycles. The first-order chi connectivity index (χ1) is 18.3. The molecule has 198 valence electrons. The lowest BCUT2D eigenvalue weighted by atomic mass is 9.89. The second-order valence-electron chi connectivity index (χ2n) is 10.7. The Bertz CT molecular complexity index is 1500. The average Bonchev–Trinajstić information content (AvgIpc) is 3.20. The number of hydrogen-bond acceptors (Lipinski definition) is 7. The normalized spacial score (nSPS) is 15.2. The van der Waals surface area contributed by atoms with Crippen LogP contribution < -0.4 is 10.9 Å². The van der Waals surface area contributed by atoms with Gasteiger partial charge in [0.25, 0.3) is 5.56 Å². The number of hydrogen-bond donors (Lipinski definition) is 2. The van der Waals surface area contributed by atoms with Gasteiger partial charge in [-0.05, 0) is 68.7 Å². The topological polar surface area (TPSA) is 101 Å². The third-order valence-electron chi connectivity index (χ3n) is 7.37. The van der Waals surface area contributed by atoms with Crippen molar-refractivity contribution in [3.05, 3.63) is 82.9 Å². The molecular weight excluding hydrogens is 478 g/mol. The van der Waals surface area contributed by atoms with Crippen molar-refractivity contribution in [2.45, 2.75) is 44.6 Å². The van der Waals surface area contributed by atoms with E-state index in [1.165, 1.54) is 18.4 Å². The Labute approximate surface area is 222 Å². The maximum absolute atomic E-state index is 13.3. The SMILES string of the molecule is C=CCn1c(=O)c2cnc(Nc3ccc(C4CCN(C)CC4)cc3)nc2n1-c1cccc(C(C)(C)CO)n1. The Hall–Kier alpha value is -3.82. The number of benzene rings is 1. The monoisotopic (exact) mass is 513 g/mol. The number of aromatic nitrogens is 5. The molecule has 0 aliphatic carbocycles. The van der Waals surface area contributed by atoms with Gasteiger partial charge in [-0.2, -0.15) is 4.98 Å². The van der Waals surface area contributed by atoms with E-state index in [1.54, 1.807) is 21.6 Å². The molecule has 0 bridgehead atoms. The predicted molar refractivity (Wildman–Crippen MR) is 150 cm³/mol. The van der Waals surface area contributed by atoms with Crippen molar-refractivity contribution in [1.82, 2.24) is 29.2 Å². The molecule has 1 fully saturated rings. The van der Waals surface area contributed by atoms with E-state index in [1.807, 2.05) is 32.0 Å². The fourth-order valence-corrected chi connectivity index (χ4v) is 4.92. The highest BCUT2D eigenvalue weighted by atomic mass is 16.3. The minimum atomic E-state index is -0.538. The summed E-state index contributed by atoms with van der Waals surface area (Å²) in [6.45, 7) is 10.1. The summed E-state index contributed by atoms with van der Waals surface area (Å²) in [5, 5.41) is 13.5. The van der Waals surface area contributed by atoms with Gasteiger partial charge in [0.2, 0.25) is 5.95 Å². The first kappa shape index (κ1) is 25.8. The van der Waals surface area contributed by atoms with Crippen molar-refractivity contribution < 1.29 is 5.11 Å². The van der Waals surface area contributed by atoms with E-state index >= 15 is 0 Å². The van der Waals surface area contributed by atoms with Gasteiger partial charge in [-0.15, -0.1) is 6.58 Å². The number of nitrogens with one attached hydrogen (secondary N) is 1. The fraction of sp³-hybridized carbons (Fsp3) is 0.379. The molecule has 4 heterocycles. The molecule has 0 amide bonds. The summed E-state index contributed by atoms with van der Waals surface area (Å²) < 4.78 is 3.25. The molecule has 1 aliphatic heterocycles. The molecule has 4 aromatic rings. The molecule has 38 heavy (non-hydrogen) atoms. The molecule has 1 aromatic carbocycles.